The molecule has 0 saturated heterocycles. The fraction of sp³-hybridized carbons (Fsp3) is 0.267. The molecule has 2 N–H and O–H groups in total. The lowest BCUT2D eigenvalue weighted by atomic mass is 10.0. The van der Waals surface area contributed by atoms with Gasteiger partial charge >= 0.3 is 0 Å². The molecule has 1 atom stereocenters. The van der Waals surface area contributed by atoms with Gasteiger partial charge in [0.15, 0.2) is 5.96 Å². The number of benzene rings is 2. The van der Waals surface area contributed by atoms with Gasteiger partial charge in [-0.3, -0.25) is 4.99 Å². The van der Waals surface area contributed by atoms with E-state index < -0.39 is 0 Å². The number of hydrogen-bond donors (Lipinski definition) is 1. The van der Waals surface area contributed by atoms with Gasteiger partial charge in [-0.2, -0.15) is 0 Å². The zero-order valence-electron chi connectivity index (χ0n) is 10.5. The van der Waals surface area contributed by atoms with Crippen LogP contribution in [0, 0.1) is 0 Å². The van der Waals surface area contributed by atoms with Crippen molar-refractivity contribution in [1.82, 2.24) is 4.90 Å². The Morgan fingerprint density at radius 1 is 1.22 bits per heavy atom. The Labute approximate surface area is 107 Å². The van der Waals surface area contributed by atoms with Crippen LogP contribution in [-0.2, 0) is 0 Å². The molecule has 0 amide bonds. The molecule has 0 radical (unpaired) electrons. The summed E-state index contributed by atoms with van der Waals surface area (Å²) in [5.41, 5.74) is 7.20. The van der Waals surface area contributed by atoms with E-state index in [0.29, 0.717) is 12.0 Å². The quantitative estimate of drug-likeness (QED) is 0.875. The standard InChI is InChI=1S/C15H17N3/c1-2-18-14(10-17-15(18)16)13-8-7-11-5-3-4-6-12(11)9-13/h3-9,14H,2,10H2,1H3,(H2,16,17). The molecule has 0 fully saturated rings. The molecule has 2 aromatic rings. The summed E-state index contributed by atoms with van der Waals surface area (Å²) in [5, 5.41) is 2.55. The fourth-order valence-electron chi connectivity index (χ4n) is 2.61. The summed E-state index contributed by atoms with van der Waals surface area (Å²) in [7, 11) is 0. The number of nitrogens with zero attached hydrogens (tertiary/aromatic N) is 2. The molecule has 0 bridgehead atoms. The largest absolute Gasteiger partial charge is 0.370 e. The lowest BCUT2D eigenvalue weighted by Gasteiger charge is -2.25. The van der Waals surface area contributed by atoms with Crippen LogP contribution < -0.4 is 5.73 Å². The summed E-state index contributed by atoms with van der Waals surface area (Å²) < 4.78 is 0. The van der Waals surface area contributed by atoms with Gasteiger partial charge in [0.05, 0.1) is 12.6 Å². The Kier molecular flexibility index (Phi) is 2.67. The van der Waals surface area contributed by atoms with E-state index in [-0.39, 0.29) is 0 Å². The topological polar surface area (TPSA) is 41.6 Å². The Morgan fingerprint density at radius 3 is 2.78 bits per heavy atom. The summed E-state index contributed by atoms with van der Waals surface area (Å²) in [5.74, 6) is 0.663. The van der Waals surface area contributed by atoms with E-state index in [1.807, 2.05) is 0 Å². The maximum absolute atomic E-state index is 5.91. The Hall–Kier alpha value is -2.03. The summed E-state index contributed by atoms with van der Waals surface area (Å²) in [4.78, 5) is 6.50. The molecule has 3 nitrogen and oxygen atoms in total. The molecular formula is C15H17N3. The minimum absolute atomic E-state index is 0.291. The summed E-state index contributed by atoms with van der Waals surface area (Å²) in [6, 6.07) is 15.3. The molecule has 2 aromatic carbocycles. The van der Waals surface area contributed by atoms with E-state index in [9.17, 15) is 0 Å². The number of likely N-dealkylation sites (N-methyl/N-ethyl adjacent to an activating group) is 1. The Morgan fingerprint density at radius 2 is 2.00 bits per heavy atom. The van der Waals surface area contributed by atoms with E-state index >= 15 is 0 Å². The second-order valence-corrected chi connectivity index (χ2v) is 4.61. The highest BCUT2D eigenvalue weighted by Crippen LogP contribution is 2.27. The summed E-state index contributed by atoms with van der Waals surface area (Å²) in [6.07, 6.45) is 0. The van der Waals surface area contributed by atoms with E-state index in [4.69, 9.17) is 5.73 Å². The first-order valence-electron chi connectivity index (χ1n) is 6.35. The second-order valence-electron chi connectivity index (χ2n) is 4.61. The van der Waals surface area contributed by atoms with Crippen molar-refractivity contribution in [3.05, 3.63) is 48.0 Å². The van der Waals surface area contributed by atoms with Crippen molar-refractivity contribution in [3.63, 3.8) is 0 Å². The van der Waals surface area contributed by atoms with E-state index in [1.165, 1.54) is 16.3 Å². The minimum Gasteiger partial charge on any atom is -0.370 e. The molecule has 0 spiro atoms. The van der Waals surface area contributed by atoms with Crippen molar-refractivity contribution in [3.8, 4) is 0 Å². The summed E-state index contributed by atoms with van der Waals surface area (Å²) >= 11 is 0. The molecule has 1 aliphatic heterocycles. The number of aliphatic imine (C=N–C) groups is 1. The first-order valence-corrected chi connectivity index (χ1v) is 6.35. The van der Waals surface area contributed by atoms with Gasteiger partial charge in [-0.25, -0.2) is 0 Å². The molecule has 0 aliphatic carbocycles. The van der Waals surface area contributed by atoms with Crippen LogP contribution in [0.25, 0.3) is 10.8 Å². The van der Waals surface area contributed by atoms with Crippen LogP contribution in [0.2, 0.25) is 0 Å². The van der Waals surface area contributed by atoms with Crippen LogP contribution in [-0.4, -0.2) is 23.9 Å². The third kappa shape index (κ3) is 1.72. The highest BCUT2D eigenvalue weighted by atomic mass is 15.3. The SMILES string of the molecule is CCN1C(N)=NCC1c1ccc2ccccc2c1. The van der Waals surface area contributed by atoms with Gasteiger partial charge in [0.1, 0.15) is 0 Å². The molecule has 0 saturated carbocycles. The van der Waals surface area contributed by atoms with Crippen molar-refractivity contribution in [1.29, 1.82) is 0 Å². The molecule has 1 unspecified atom stereocenters. The van der Waals surface area contributed by atoms with Crippen LogP contribution in [0.5, 0.6) is 0 Å². The molecule has 92 valence electrons. The average molecular weight is 239 g/mol. The number of nitrogens with two attached hydrogens (primary N) is 1. The van der Waals surface area contributed by atoms with Crippen LogP contribution >= 0.6 is 0 Å². The minimum atomic E-state index is 0.291. The number of guanidine groups is 1. The van der Waals surface area contributed by atoms with Crippen LogP contribution in [0.3, 0.4) is 0 Å². The maximum atomic E-state index is 5.91. The zero-order chi connectivity index (χ0) is 12.5. The van der Waals surface area contributed by atoms with Crippen molar-refractivity contribution in [2.24, 2.45) is 10.7 Å². The molecule has 1 heterocycles. The predicted molar refractivity (Wildman–Crippen MR) is 75.6 cm³/mol. The normalized spacial score (nSPS) is 19.3. The second kappa shape index (κ2) is 4.33. The lowest BCUT2D eigenvalue weighted by Crippen LogP contribution is -2.35. The Balaban J connectivity index is 2.00. The number of rotatable bonds is 2. The first-order chi connectivity index (χ1) is 8.79. The Bertz CT molecular complexity index is 603. The van der Waals surface area contributed by atoms with Crippen LogP contribution in [0.15, 0.2) is 47.5 Å². The first kappa shape index (κ1) is 11.1. The van der Waals surface area contributed by atoms with Crippen molar-refractivity contribution in [2.75, 3.05) is 13.1 Å². The third-order valence-electron chi connectivity index (χ3n) is 3.60. The van der Waals surface area contributed by atoms with Crippen LogP contribution in [0.1, 0.15) is 18.5 Å². The number of hydrogen-bond acceptors (Lipinski definition) is 3. The highest BCUT2D eigenvalue weighted by molar-refractivity contribution is 5.84. The molecule has 3 rings (SSSR count). The van der Waals surface area contributed by atoms with Gasteiger partial charge in [0.2, 0.25) is 0 Å². The lowest BCUT2D eigenvalue weighted by molar-refractivity contribution is 0.364. The number of fused-ring (bicyclic) bond motifs is 1. The predicted octanol–water partition coefficient (Wildman–Crippen LogP) is 2.53. The maximum Gasteiger partial charge on any atom is 0.191 e. The van der Waals surface area contributed by atoms with Crippen molar-refractivity contribution >= 4 is 16.7 Å². The van der Waals surface area contributed by atoms with Crippen molar-refractivity contribution < 1.29 is 0 Å². The van der Waals surface area contributed by atoms with E-state index in [1.54, 1.807) is 0 Å². The monoisotopic (exact) mass is 239 g/mol. The van der Waals surface area contributed by atoms with Gasteiger partial charge in [-0.05, 0) is 29.3 Å². The van der Waals surface area contributed by atoms with E-state index in [0.717, 1.165) is 13.1 Å². The van der Waals surface area contributed by atoms with E-state index in [2.05, 4.69) is 59.3 Å². The van der Waals surface area contributed by atoms with Gasteiger partial charge in [-0.15, -0.1) is 0 Å². The average Bonchev–Trinajstić information content (AvgIpc) is 2.79. The molecule has 1 aliphatic rings. The van der Waals surface area contributed by atoms with Crippen molar-refractivity contribution in [2.45, 2.75) is 13.0 Å². The highest BCUT2D eigenvalue weighted by Gasteiger charge is 2.25. The van der Waals surface area contributed by atoms with Gasteiger partial charge in [0, 0.05) is 6.54 Å². The van der Waals surface area contributed by atoms with Gasteiger partial charge in [-0.1, -0.05) is 36.4 Å². The molecule has 18 heavy (non-hydrogen) atoms. The van der Waals surface area contributed by atoms with Gasteiger partial charge < -0.3 is 10.6 Å². The van der Waals surface area contributed by atoms with Gasteiger partial charge in [0.25, 0.3) is 0 Å². The zero-order valence-corrected chi connectivity index (χ0v) is 10.5. The molecule has 3 heteroatoms. The van der Waals surface area contributed by atoms with Crippen LogP contribution in [0.4, 0.5) is 0 Å². The third-order valence-corrected chi connectivity index (χ3v) is 3.60. The molecule has 0 aromatic heterocycles. The molecular weight excluding hydrogens is 222 g/mol. The smallest absolute Gasteiger partial charge is 0.191 e. The summed E-state index contributed by atoms with van der Waals surface area (Å²) in [6.45, 7) is 3.77. The fourth-order valence-corrected chi connectivity index (χ4v) is 2.61.